The van der Waals surface area contributed by atoms with E-state index in [1.54, 1.807) is 37.3 Å². The van der Waals surface area contributed by atoms with Gasteiger partial charge in [-0.3, -0.25) is 24.2 Å². The zero-order chi connectivity index (χ0) is 39.0. The Hall–Kier alpha value is -5.59. The minimum atomic E-state index is -4.72. The summed E-state index contributed by atoms with van der Waals surface area (Å²) in [7, 11) is 1.51. The molecule has 3 amide bonds. The Balaban J connectivity index is 1.32. The molecule has 2 fully saturated rings. The van der Waals surface area contributed by atoms with E-state index in [4.69, 9.17) is 9.84 Å². The lowest BCUT2D eigenvalue weighted by atomic mass is 9.80. The summed E-state index contributed by atoms with van der Waals surface area (Å²) in [6.07, 6.45) is -2.09. The molecule has 0 aliphatic carbocycles. The third kappa shape index (κ3) is 7.44. The number of halogens is 4. The fourth-order valence-electron chi connectivity index (χ4n) is 7.84. The lowest BCUT2D eigenvalue weighted by Crippen LogP contribution is -2.55. The van der Waals surface area contributed by atoms with Gasteiger partial charge in [0.25, 0.3) is 17.7 Å². The number of para-hydroxylation sites is 1. The molecular formula is C40H39F4N7O4. The second kappa shape index (κ2) is 15.3. The number of ether oxygens (including phenoxy) is 1. The predicted molar refractivity (Wildman–Crippen MR) is 193 cm³/mol. The number of amides is 3. The molecule has 286 valence electrons. The zero-order valence-corrected chi connectivity index (χ0v) is 30.2. The Kier molecular flexibility index (Phi) is 10.5. The van der Waals surface area contributed by atoms with Crippen LogP contribution in [0.5, 0.6) is 0 Å². The Morgan fingerprint density at radius 3 is 2.36 bits per heavy atom. The van der Waals surface area contributed by atoms with Crippen molar-refractivity contribution in [3.63, 3.8) is 0 Å². The number of carbonyl (C=O) groups excluding carboxylic acids is 3. The van der Waals surface area contributed by atoms with E-state index in [1.807, 2.05) is 0 Å². The van der Waals surface area contributed by atoms with Gasteiger partial charge in [0.15, 0.2) is 5.69 Å². The molecule has 0 spiro atoms. The van der Waals surface area contributed by atoms with Crippen molar-refractivity contribution in [2.45, 2.75) is 62.6 Å². The van der Waals surface area contributed by atoms with Crippen LogP contribution in [0.1, 0.15) is 69.6 Å². The van der Waals surface area contributed by atoms with Gasteiger partial charge in [0.1, 0.15) is 23.7 Å². The summed E-state index contributed by atoms with van der Waals surface area (Å²) in [6.45, 7) is 3.81. The first kappa shape index (κ1) is 37.7. The Morgan fingerprint density at radius 1 is 1.04 bits per heavy atom. The largest absolute Gasteiger partial charge is 0.416 e. The molecule has 0 saturated carbocycles. The number of carbonyl (C=O) groups is 3. The summed E-state index contributed by atoms with van der Waals surface area (Å²) < 4.78 is 62.6. The SMILES string of the molecule is CCN1C(=O)[C@@H](NC(=O)c2cccc(C(F)(F)F)c2)[C@@H](c2ccc(F)cc2)c2c(C(=O)N(C)[C@H](C#N)CCN3CC4CCC(C3)O4)nn(-c3ccccc3)c21. The van der Waals surface area contributed by atoms with E-state index in [0.717, 1.165) is 38.1 Å². The third-order valence-corrected chi connectivity index (χ3v) is 10.6. The van der Waals surface area contributed by atoms with Crippen LogP contribution in [0.3, 0.4) is 0 Å². The Morgan fingerprint density at radius 2 is 1.73 bits per heavy atom. The summed E-state index contributed by atoms with van der Waals surface area (Å²) in [6, 6.07) is 17.8. The number of anilines is 1. The van der Waals surface area contributed by atoms with E-state index >= 15 is 0 Å². The summed E-state index contributed by atoms with van der Waals surface area (Å²) in [4.78, 5) is 48.0. The molecule has 4 heterocycles. The van der Waals surface area contributed by atoms with Crippen molar-refractivity contribution >= 4 is 23.5 Å². The fourth-order valence-corrected chi connectivity index (χ4v) is 7.84. The highest BCUT2D eigenvalue weighted by atomic mass is 19.4. The van der Waals surface area contributed by atoms with Gasteiger partial charge in [-0.2, -0.15) is 23.5 Å². The molecule has 1 N–H and O–H groups in total. The number of morpholine rings is 1. The van der Waals surface area contributed by atoms with Crippen molar-refractivity contribution in [3.05, 3.63) is 113 Å². The van der Waals surface area contributed by atoms with Gasteiger partial charge < -0.3 is 15.0 Å². The molecule has 0 radical (unpaired) electrons. The van der Waals surface area contributed by atoms with Crippen molar-refractivity contribution in [1.82, 2.24) is 24.9 Å². The number of fused-ring (bicyclic) bond motifs is 3. The molecule has 4 aromatic rings. The smallest absolute Gasteiger partial charge is 0.372 e. The number of hydrogen-bond acceptors (Lipinski definition) is 7. The van der Waals surface area contributed by atoms with Crippen molar-refractivity contribution in [3.8, 4) is 11.8 Å². The van der Waals surface area contributed by atoms with E-state index in [0.29, 0.717) is 30.3 Å². The number of aromatic nitrogens is 2. The number of likely N-dealkylation sites (N-methyl/N-ethyl adjacent to an activating group) is 1. The summed E-state index contributed by atoms with van der Waals surface area (Å²) >= 11 is 0. The molecule has 1 aromatic heterocycles. The topological polar surface area (TPSA) is 124 Å². The standard InChI is InChI=1S/C40H39F4N7O4/c1-3-50-37-33(32(24-12-14-27(41)15-13-24)34(39(50)54)46-36(52)25-8-7-9-26(20-25)40(42,43)44)35(47-51(37)28-10-5-4-6-11-28)38(53)48(2)29(21-45)18-19-49-22-30-16-17-31(23-49)55-30/h4-15,20,29-32,34H,3,16-19,22-23H2,1-2H3,(H,46,52)/t29-,30?,31?,32-,34-/m0/s1. The highest BCUT2D eigenvalue weighted by Gasteiger charge is 2.48. The van der Waals surface area contributed by atoms with Crippen LogP contribution in [0.15, 0.2) is 78.9 Å². The number of alkyl halides is 3. The van der Waals surface area contributed by atoms with Crippen LogP contribution in [-0.2, 0) is 15.7 Å². The van der Waals surface area contributed by atoms with Crippen LogP contribution >= 0.6 is 0 Å². The molecular weight excluding hydrogens is 718 g/mol. The van der Waals surface area contributed by atoms with Gasteiger partial charge in [-0.25, -0.2) is 9.07 Å². The molecule has 2 saturated heterocycles. The van der Waals surface area contributed by atoms with Gasteiger partial charge in [-0.05, 0) is 74.2 Å². The number of nitrogens with zero attached hydrogens (tertiary/aromatic N) is 6. The molecule has 55 heavy (non-hydrogen) atoms. The van der Waals surface area contributed by atoms with Gasteiger partial charge in [0, 0.05) is 50.3 Å². The normalized spacial score (nSPS) is 21.5. The highest BCUT2D eigenvalue weighted by molar-refractivity contribution is 6.07. The maximum atomic E-state index is 14.7. The number of likely N-dealkylation sites (tertiary alicyclic amines) is 1. The van der Waals surface area contributed by atoms with Crippen molar-refractivity contribution in [2.24, 2.45) is 0 Å². The quantitative estimate of drug-likeness (QED) is 0.211. The molecule has 3 aliphatic rings. The van der Waals surface area contributed by atoms with Crippen molar-refractivity contribution in [1.29, 1.82) is 5.26 Å². The number of hydrogen-bond donors (Lipinski definition) is 1. The van der Waals surface area contributed by atoms with E-state index in [1.165, 1.54) is 51.9 Å². The maximum absolute atomic E-state index is 14.7. The first-order chi connectivity index (χ1) is 26.4. The van der Waals surface area contributed by atoms with Crippen LogP contribution in [0.2, 0.25) is 0 Å². The molecule has 5 atom stereocenters. The lowest BCUT2D eigenvalue weighted by Gasteiger charge is -2.38. The summed E-state index contributed by atoms with van der Waals surface area (Å²) in [5, 5.41) is 17.8. The first-order valence-electron chi connectivity index (χ1n) is 18.2. The van der Waals surface area contributed by atoms with Gasteiger partial charge >= 0.3 is 6.18 Å². The summed E-state index contributed by atoms with van der Waals surface area (Å²) in [5.74, 6) is -3.71. The van der Waals surface area contributed by atoms with Crippen molar-refractivity contribution < 1.29 is 36.7 Å². The van der Waals surface area contributed by atoms with Crippen LogP contribution in [0.25, 0.3) is 5.69 Å². The number of rotatable bonds is 10. The van der Waals surface area contributed by atoms with E-state index in [-0.39, 0.29) is 41.4 Å². The number of nitriles is 1. The minimum absolute atomic E-state index is 0.0578. The third-order valence-electron chi connectivity index (χ3n) is 10.6. The predicted octanol–water partition coefficient (Wildman–Crippen LogP) is 5.54. The molecule has 15 heteroatoms. The average molecular weight is 758 g/mol. The molecule has 11 nitrogen and oxygen atoms in total. The second-order valence-corrected chi connectivity index (χ2v) is 14.0. The van der Waals surface area contributed by atoms with E-state index < -0.39 is 53.3 Å². The van der Waals surface area contributed by atoms with Crippen LogP contribution < -0.4 is 10.2 Å². The maximum Gasteiger partial charge on any atom is 0.416 e. The molecule has 3 aliphatic heterocycles. The Bertz CT molecular complexity index is 2110. The molecule has 7 rings (SSSR count). The van der Waals surface area contributed by atoms with Gasteiger partial charge in [0.2, 0.25) is 0 Å². The van der Waals surface area contributed by atoms with Crippen LogP contribution in [0, 0.1) is 17.1 Å². The van der Waals surface area contributed by atoms with Gasteiger partial charge in [-0.15, -0.1) is 0 Å². The van der Waals surface area contributed by atoms with Gasteiger partial charge in [0.05, 0.1) is 29.5 Å². The number of nitrogens with one attached hydrogen (secondary N) is 1. The molecule has 3 aromatic carbocycles. The van der Waals surface area contributed by atoms with Gasteiger partial charge in [-0.1, -0.05) is 36.4 Å². The van der Waals surface area contributed by atoms with Crippen LogP contribution in [0.4, 0.5) is 23.4 Å². The lowest BCUT2D eigenvalue weighted by molar-refractivity contribution is -0.137. The summed E-state index contributed by atoms with van der Waals surface area (Å²) in [5.41, 5.74) is -0.417. The fraction of sp³-hybridized carbons (Fsp3) is 0.375. The molecule has 2 bridgehead atoms. The molecule has 2 unspecified atom stereocenters. The van der Waals surface area contributed by atoms with E-state index in [9.17, 15) is 37.2 Å². The zero-order valence-electron chi connectivity index (χ0n) is 30.2. The highest BCUT2D eigenvalue weighted by Crippen LogP contribution is 2.44. The average Bonchev–Trinajstić information content (AvgIpc) is 3.74. The van der Waals surface area contributed by atoms with Crippen LogP contribution in [-0.4, -0.2) is 94.8 Å². The Labute approximate surface area is 315 Å². The minimum Gasteiger partial charge on any atom is -0.372 e. The van der Waals surface area contributed by atoms with Crippen molar-refractivity contribution in [2.75, 3.05) is 38.1 Å². The first-order valence-corrected chi connectivity index (χ1v) is 18.2. The number of benzene rings is 3. The monoisotopic (exact) mass is 757 g/mol. The second-order valence-electron chi connectivity index (χ2n) is 14.0. The van der Waals surface area contributed by atoms with E-state index in [2.05, 4.69) is 16.3 Å².